The summed E-state index contributed by atoms with van der Waals surface area (Å²) >= 11 is 0. The first-order valence-corrected chi connectivity index (χ1v) is 6.25. The Morgan fingerprint density at radius 1 is 1.65 bits per heavy atom. The van der Waals surface area contributed by atoms with Gasteiger partial charge in [-0.2, -0.15) is 5.10 Å². The van der Waals surface area contributed by atoms with Crippen LogP contribution in [0.4, 0.5) is 5.69 Å². The zero-order valence-electron chi connectivity index (χ0n) is 11.3. The van der Waals surface area contributed by atoms with Crippen LogP contribution < -0.4 is 5.32 Å². The van der Waals surface area contributed by atoms with Crippen LogP contribution in [-0.2, 0) is 11.3 Å². The molecule has 9 nitrogen and oxygen atoms in total. The molecule has 3 N–H and O–H groups in total. The maximum absolute atomic E-state index is 10.5. The molecule has 2 unspecified atom stereocenters. The molecule has 0 bridgehead atoms. The number of ether oxygens (including phenoxy) is 1. The number of nitro groups is 1. The molecule has 0 saturated heterocycles. The number of hydrogen-bond donors (Lipinski definition) is 3. The van der Waals surface area contributed by atoms with Crippen molar-refractivity contribution < 1.29 is 19.9 Å². The average Bonchev–Trinajstić information content (AvgIpc) is 2.85. The third-order valence-corrected chi connectivity index (χ3v) is 2.72. The van der Waals surface area contributed by atoms with Crippen LogP contribution in [0.1, 0.15) is 6.42 Å². The number of aliphatic hydroxyl groups is 2. The molecule has 0 spiro atoms. The van der Waals surface area contributed by atoms with Crippen molar-refractivity contribution >= 4 is 5.69 Å². The van der Waals surface area contributed by atoms with Gasteiger partial charge >= 0.3 is 5.69 Å². The molecule has 0 aliphatic heterocycles. The highest BCUT2D eigenvalue weighted by Crippen LogP contribution is 2.08. The van der Waals surface area contributed by atoms with E-state index in [0.717, 1.165) is 6.20 Å². The summed E-state index contributed by atoms with van der Waals surface area (Å²) in [6.07, 6.45) is 2.18. The predicted octanol–water partition coefficient (Wildman–Crippen LogP) is -0.861. The summed E-state index contributed by atoms with van der Waals surface area (Å²) in [7, 11) is 1.56. The molecule has 20 heavy (non-hydrogen) atoms. The normalized spacial score (nSPS) is 14.2. The summed E-state index contributed by atoms with van der Waals surface area (Å²) in [5, 5.41) is 36.1. The fraction of sp³-hybridized carbons (Fsp3) is 0.727. The first kappa shape index (κ1) is 16.5. The highest BCUT2D eigenvalue weighted by molar-refractivity contribution is 5.20. The van der Waals surface area contributed by atoms with Crippen molar-refractivity contribution in [1.82, 2.24) is 15.1 Å². The van der Waals surface area contributed by atoms with Crippen molar-refractivity contribution in [3.63, 3.8) is 0 Å². The minimum Gasteiger partial charge on any atom is -0.396 e. The summed E-state index contributed by atoms with van der Waals surface area (Å²) < 4.78 is 6.31. The zero-order valence-corrected chi connectivity index (χ0v) is 11.3. The van der Waals surface area contributed by atoms with Gasteiger partial charge in [0, 0.05) is 26.3 Å². The van der Waals surface area contributed by atoms with E-state index in [2.05, 4.69) is 10.4 Å². The standard InChI is InChI=1S/C11H20N4O5/c1-20-8-9(2-3-16)12-5-11(17)7-14-6-10(4-13-14)15(18)19/h4,6,9,11-12,16-17H,2-3,5,7-8H2,1H3. The van der Waals surface area contributed by atoms with E-state index in [0.29, 0.717) is 13.0 Å². The molecule has 2 atom stereocenters. The number of aromatic nitrogens is 2. The number of rotatable bonds is 10. The van der Waals surface area contributed by atoms with Gasteiger partial charge in [-0.3, -0.25) is 14.8 Å². The second-order valence-corrected chi connectivity index (χ2v) is 4.40. The van der Waals surface area contributed by atoms with E-state index in [-0.39, 0.29) is 31.4 Å². The first-order valence-electron chi connectivity index (χ1n) is 6.25. The van der Waals surface area contributed by atoms with Crippen molar-refractivity contribution in [1.29, 1.82) is 0 Å². The van der Waals surface area contributed by atoms with Crippen molar-refractivity contribution in [2.75, 3.05) is 26.9 Å². The maximum Gasteiger partial charge on any atom is 0.306 e. The van der Waals surface area contributed by atoms with Gasteiger partial charge in [0.15, 0.2) is 0 Å². The lowest BCUT2D eigenvalue weighted by Gasteiger charge is -2.19. The van der Waals surface area contributed by atoms with E-state index >= 15 is 0 Å². The van der Waals surface area contributed by atoms with Crippen LogP contribution in [0.15, 0.2) is 12.4 Å². The van der Waals surface area contributed by atoms with Gasteiger partial charge in [0.2, 0.25) is 0 Å². The molecule has 114 valence electrons. The van der Waals surface area contributed by atoms with E-state index in [9.17, 15) is 15.2 Å². The van der Waals surface area contributed by atoms with Gasteiger partial charge in [0.25, 0.3) is 0 Å². The molecule has 1 rings (SSSR count). The lowest BCUT2D eigenvalue weighted by Crippen LogP contribution is -2.40. The van der Waals surface area contributed by atoms with Crippen molar-refractivity contribution in [2.24, 2.45) is 0 Å². The van der Waals surface area contributed by atoms with Crippen LogP contribution >= 0.6 is 0 Å². The number of aliphatic hydroxyl groups excluding tert-OH is 2. The highest BCUT2D eigenvalue weighted by Gasteiger charge is 2.14. The average molecular weight is 288 g/mol. The molecule has 0 fully saturated rings. The Hall–Kier alpha value is -1.55. The fourth-order valence-electron chi connectivity index (χ4n) is 1.73. The summed E-state index contributed by atoms with van der Waals surface area (Å²) in [5.74, 6) is 0. The molecule has 0 aliphatic rings. The Morgan fingerprint density at radius 2 is 2.40 bits per heavy atom. The van der Waals surface area contributed by atoms with E-state index in [1.165, 1.54) is 10.9 Å². The molecule has 1 heterocycles. The summed E-state index contributed by atoms with van der Waals surface area (Å²) in [6.45, 7) is 0.893. The van der Waals surface area contributed by atoms with Gasteiger partial charge in [0.05, 0.1) is 24.2 Å². The second-order valence-electron chi connectivity index (χ2n) is 4.40. The molecule has 1 aromatic rings. The van der Waals surface area contributed by atoms with E-state index in [1.807, 2.05) is 0 Å². The summed E-state index contributed by atoms with van der Waals surface area (Å²) in [4.78, 5) is 9.96. The minimum atomic E-state index is -0.743. The molecule has 0 aromatic carbocycles. The Morgan fingerprint density at radius 3 is 2.95 bits per heavy atom. The Labute approximate surface area is 116 Å². The number of nitrogens with one attached hydrogen (secondary N) is 1. The van der Waals surface area contributed by atoms with Gasteiger partial charge in [0.1, 0.15) is 12.4 Å². The quantitative estimate of drug-likeness (QED) is 0.378. The van der Waals surface area contributed by atoms with Crippen molar-refractivity contribution in [2.45, 2.75) is 25.1 Å². The third-order valence-electron chi connectivity index (χ3n) is 2.72. The zero-order chi connectivity index (χ0) is 15.0. The molecule has 9 heteroatoms. The van der Waals surface area contributed by atoms with Crippen LogP contribution in [0.2, 0.25) is 0 Å². The minimum absolute atomic E-state index is 0.0302. The van der Waals surface area contributed by atoms with Crippen molar-refractivity contribution in [3.8, 4) is 0 Å². The van der Waals surface area contributed by atoms with Gasteiger partial charge < -0.3 is 20.3 Å². The van der Waals surface area contributed by atoms with Gasteiger partial charge in [-0.1, -0.05) is 0 Å². The molecule has 0 saturated carbocycles. The number of nitrogens with zero attached hydrogens (tertiary/aromatic N) is 3. The molecular weight excluding hydrogens is 268 g/mol. The Bertz CT molecular complexity index is 405. The third kappa shape index (κ3) is 5.61. The van der Waals surface area contributed by atoms with Crippen LogP contribution in [0.25, 0.3) is 0 Å². The predicted molar refractivity (Wildman–Crippen MR) is 70.3 cm³/mol. The largest absolute Gasteiger partial charge is 0.396 e. The van der Waals surface area contributed by atoms with Crippen molar-refractivity contribution in [3.05, 3.63) is 22.5 Å². The maximum atomic E-state index is 10.5. The van der Waals surface area contributed by atoms with Crippen LogP contribution in [0.5, 0.6) is 0 Å². The monoisotopic (exact) mass is 288 g/mol. The van der Waals surface area contributed by atoms with Crippen LogP contribution in [0.3, 0.4) is 0 Å². The molecule has 0 radical (unpaired) electrons. The Kier molecular flexibility index (Phi) is 7.09. The first-order chi connectivity index (χ1) is 9.56. The molecule has 1 aromatic heterocycles. The highest BCUT2D eigenvalue weighted by atomic mass is 16.6. The lowest BCUT2D eigenvalue weighted by molar-refractivity contribution is -0.385. The lowest BCUT2D eigenvalue weighted by atomic mass is 10.2. The number of methoxy groups -OCH3 is 1. The topological polar surface area (TPSA) is 123 Å². The van der Waals surface area contributed by atoms with Crippen LogP contribution in [-0.4, -0.2) is 63.9 Å². The number of hydrogen-bond acceptors (Lipinski definition) is 7. The summed E-state index contributed by atoms with van der Waals surface area (Å²) in [6, 6.07) is -0.0494. The smallest absolute Gasteiger partial charge is 0.306 e. The fourth-order valence-corrected chi connectivity index (χ4v) is 1.73. The molecule has 0 aliphatic carbocycles. The van der Waals surface area contributed by atoms with Gasteiger partial charge in [-0.15, -0.1) is 0 Å². The van der Waals surface area contributed by atoms with Gasteiger partial charge in [-0.05, 0) is 6.42 Å². The summed E-state index contributed by atoms with van der Waals surface area (Å²) in [5.41, 5.74) is -0.109. The SMILES string of the molecule is COCC(CCO)NCC(O)Cn1cc([N+](=O)[O-])cn1. The molecular formula is C11H20N4O5. The van der Waals surface area contributed by atoms with Gasteiger partial charge in [-0.25, -0.2) is 0 Å². The van der Waals surface area contributed by atoms with E-state index in [4.69, 9.17) is 9.84 Å². The van der Waals surface area contributed by atoms with E-state index < -0.39 is 11.0 Å². The Balaban J connectivity index is 2.37. The van der Waals surface area contributed by atoms with Crippen LogP contribution in [0, 0.1) is 10.1 Å². The molecule has 0 amide bonds. The van der Waals surface area contributed by atoms with E-state index in [1.54, 1.807) is 7.11 Å². The second kappa shape index (κ2) is 8.59.